The summed E-state index contributed by atoms with van der Waals surface area (Å²) in [5.41, 5.74) is 7.01. The van der Waals surface area contributed by atoms with Crippen molar-refractivity contribution in [2.24, 2.45) is 0 Å². The van der Waals surface area contributed by atoms with Crippen molar-refractivity contribution in [3.63, 3.8) is 0 Å². The average Bonchev–Trinajstić information content (AvgIpc) is 2.30. The van der Waals surface area contributed by atoms with Crippen LogP contribution >= 0.6 is 27.5 Å². The molecule has 2 nitrogen and oxygen atoms in total. The zero-order valence-electron chi connectivity index (χ0n) is 9.51. The lowest BCUT2D eigenvalue weighted by atomic mass is 10.2. The quantitative estimate of drug-likeness (QED) is 0.793. The minimum absolute atomic E-state index is 0.265. The molecule has 0 unspecified atom stereocenters. The maximum atomic E-state index is 13.4. The van der Waals surface area contributed by atoms with Crippen LogP contribution in [0.4, 0.5) is 10.1 Å². The Morgan fingerprint density at radius 3 is 2.67 bits per heavy atom. The van der Waals surface area contributed by atoms with Crippen molar-refractivity contribution in [2.75, 3.05) is 5.73 Å². The lowest BCUT2D eigenvalue weighted by Gasteiger charge is -2.11. The third kappa shape index (κ3) is 2.76. The summed E-state index contributed by atoms with van der Waals surface area (Å²) in [6, 6.07) is 7.94. The van der Waals surface area contributed by atoms with Gasteiger partial charge in [0.15, 0.2) is 5.75 Å². The van der Waals surface area contributed by atoms with E-state index < -0.39 is 5.82 Å². The van der Waals surface area contributed by atoms with Crippen molar-refractivity contribution in [1.29, 1.82) is 0 Å². The molecule has 0 saturated heterocycles. The van der Waals surface area contributed by atoms with E-state index in [4.69, 9.17) is 22.1 Å². The van der Waals surface area contributed by atoms with E-state index in [0.717, 1.165) is 5.56 Å². The fraction of sp³-hybridized carbons (Fsp3) is 0.0769. The second kappa shape index (κ2) is 5.16. The van der Waals surface area contributed by atoms with E-state index >= 15 is 0 Å². The molecule has 0 heterocycles. The highest BCUT2D eigenvalue weighted by molar-refractivity contribution is 9.10. The first-order valence-electron chi connectivity index (χ1n) is 5.16. The molecule has 0 radical (unpaired) electrons. The molecule has 2 aromatic rings. The Kier molecular flexibility index (Phi) is 3.78. The molecule has 0 spiro atoms. The van der Waals surface area contributed by atoms with Crippen molar-refractivity contribution in [2.45, 2.75) is 6.92 Å². The predicted octanol–water partition coefficient (Wildman–Crippen LogP) is 4.92. The maximum Gasteiger partial charge on any atom is 0.153 e. The highest BCUT2D eigenvalue weighted by Gasteiger charge is 2.09. The SMILES string of the molecule is Cc1ccc(Cl)cc1Oc1cc(F)c(Br)cc1N. The van der Waals surface area contributed by atoms with Crippen molar-refractivity contribution < 1.29 is 9.13 Å². The van der Waals surface area contributed by atoms with E-state index in [-0.39, 0.29) is 5.75 Å². The molecule has 5 heteroatoms. The van der Waals surface area contributed by atoms with Crippen LogP contribution in [0.25, 0.3) is 0 Å². The molecule has 0 fully saturated rings. The van der Waals surface area contributed by atoms with Gasteiger partial charge in [-0.1, -0.05) is 17.7 Å². The molecule has 0 saturated carbocycles. The van der Waals surface area contributed by atoms with Gasteiger partial charge in [-0.25, -0.2) is 4.39 Å². The third-order valence-corrected chi connectivity index (χ3v) is 3.27. The maximum absolute atomic E-state index is 13.4. The minimum atomic E-state index is -0.432. The summed E-state index contributed by atoms with van der Waals surface area (Å²) in [6.07, 6.45) is 0. The van der Waals surface area contributed by atoms with Crippen molar-refractivity contribution in [1.82, 2.24) is 0 Å². The van der Waals surface area contributed by atoms with Crippen LogP contribution < -0.4 is 10.5 Å². The largest absolute Gasteiger partial charge is 0.455 e. The second-order valence-electron chi connectivity index (χ2n) is 3.82. The molecule has 0 atom stereocenters. The first-order chi connectivity index (χ1) is 8.47. The summed E-state index contributed by atoms with van der Waals surface area (Å²) < 4.78 is 19.3. The molecule has 2 N–H and O–H groups in total. The first kappa shape index (κ1) is 13.2. The lowest BCUT2D eigenvalue weighted by molar-refractivity contribution is 0.475. The molecule has 0 aliphatic carbocycles. The number of ether oxygens (including phenoxy) is 1. The summed E-state index contributed by atoms with van der Waals surface area (Å²) in [7, 11) is 0. The number of nitrogens with two attached hydrogens (primary N) is 1. The standard InChI is InChI=1S/C13H10BrClFNO/c1-7-2-3-8(15)4-12(7)18-13-6-10(16)9(14)5-11(13)17/h2-6H,17H2,1H3. The first-order valence-corrected chi connectivity index (χ1v) is 6.33. The van der Waals surface area contributed by atoms with E-state index in [1.165, 1.54) is 12.1 Å². The van der Waals surface area contributed by atoms with E-state index in [2.05, 4.69) is 15.9 Å². The summed E-state index contributed by atoms with van der Waals surface area (Å²) in [6.45, 7) is 1.87. The monoisotopic (exact) mass is 329 g/mol. The van der Waals surface area contributed by atoms with Crippen LogP contribution in [0.2, 0.25) is 5.02 Å². The van der Waals surface area contributed by atoms with Crippen LogP contribution in [0.15, 0.2) is 34.8 Å². The Labute approximate surface area is 118 Å². The summed E-state index contributed by atoms with van der Waals surface area (Å²) in [5, 5.41) is 0.548. The smallest absolute Gasteiger partial charge is 0.153 e. The van der Waals surface area contributed by atoms with E-state index in [9.17, 15) is 4.39 Å². The number of rotatable bonds is 2. The van der Waals surface area contributed by atoms with Crippen molar-refractivity contribution in [3.8, 4) is 11.5 Å². The number of aryl methyl sites for hydroxylation is 1. The Hall–Kier alpha value is -1.26. The highest BCUT2D eigenvalue weighted by atomic mass is 79.9. The van der Waals surface area contributed by atoms with E-state index in [1.807, 2.05) is 13.0 Å². The van der Waals surface area contributed by atoms with Crippen LogP contribution in [0.3, 0.4) is 0 Å². The van der Waals surface area contributed by atoms with E-state index in [1.54, 1.807) is 12.1 Å². The van der Waals surface area contributed by atoms with Crippen LogP contribution in [0.5, 0.6) is 11.5 Å². The summed E-state index contributed by atoms with van der Waals surface area (Å²) in [4.78, 5) is 0. The molecular weight excluding hydrogens is 321 g/mol. The fourth-order valence-electron chi connectivity index (χ4n) is 1.43. The Morgan fingerprint density at radius 2 is 1.94 bits per heavy atom. The van der Waals surface area contributed by atoms with Crippen molar-refractivity contribution >= 4 is 33.2 Å². The zero-order chi connectivity index (χ0) is 13.3. The number of halogens is 3. The normalized spacial score (nSPS) is 10.4. The number of hydrogen-bond donors (Lipinski definition) is 1. The van der Waals surface area contributed by atoms with Crippen LogP contribution in [-0.2, 0) is 0 Å². The number of anilines is 1. The molecule has 18 heavy (non-hydrogen) atoms. The van der Waals surface area contributed by atoms with Gasteiger partial charge < -0.3 is 10.5 Å². The summed E-state index contributed by atoms with van der Waals surface area (Å²) >= 11 is 8.95. The fourth-order valence-corrected chi connectivity index (χ4v) is 1.96. The second-order valence-corrected chi connectivity index (χ2v) is 5.11. The molecular formula is C13H10BrClFNO. The van der Waals surface area contributed by atoms with E-state index in [0.29, 0.717) is 20.9 Å². The van der Waals surface area contributed by atoms with Gasteiger partial charge in [-0.3, -0.25) is 0 Å². The number of hydrogen-bond acceptors (Lipinski definition) is 2. The van der Waals surface area contributed by atoms with Crippen LogP contribution in [0, 0.1) is 12.7 Å². The Bertz CT molecular complexity index is 604. The van der Waals surface area contributed by atoms with Gasteiger partial charge in [-0.05, 0) is 46.6 Å². The molecule has 0 amide bonds. The van der Waals surface area contributed by atoms with Crippen molar-refractivity contribution in [3.05, 3.63) is 51.2 Å². The molecule has 0 aromatic heterocycles. The van der Waals surface area contributed by atoms with Gasteiger partial charge in [0.25, 0.3) is 0 Å². The molecule has 2 rings (SSSR count). The molecule has 0 aliphatic heterocycles. The zero-order valence-corrected chi connectivity index (χ0v) is 11.8. The Morgan fingerprint density at radius 1 is 1.22 bits per heavy atom. The molecule has 0 bridgehead atoms. The lowest BCUT2D eigenvalue weighted by Crippen LogP contribution is -1.95. The van der Waals surface area contributed by atoms with Gasteiger partial charge in [0.1, 0.15) is 11.6 Å². The van der Waals surface area contributed by atoms with Gasteiger partial charge in [-0.15, -0.1) is 0 Å². The van der Waals surface area contributed by atoms with Crippen LogP contribution in [-0.4, -0.2) is 0 Å². The summed E-state index contributed by atoms with van der Waals surface area (Å²) in [5.74, 6) is 0.385. The van der Waals surface area contributed by atoms with Gasteiger partial charge in [0.2, 0.25) is 0 Å². The molecule has 2 aromatic carbocycles. The van der Waals surface area contributed by atoms with Gasteiger partial charge in [-0.2, -0.15) is 0 Å². The topological polar surface area (TPSA) is 35.2 Å². The Balaban J connectivity index is 2.40. The average molecular weight is 331 g/mol. The number of nitrogen functional groups attached to an aromatic ring is 1. The van der Waals surface area contributed by atoms with Gasteiger partial charge in [0, 0.05) is 11.1 Å². The van der Waals surface area contributed by atoms with Gasteiger partial charge >= 0.3 is 0 Å². The highest BCUT2D eigenvalue weighted by Crippen LogP contribution is 2.34. The molecule has 0 aliphatic rings. The minimum Gasteiger partial charge on any atom is -0.455 e. The molecule has 94 valence electrons. The number of benzene rings is 2. The van der Waals surface area contributed by atoms with Gasteiger partial charge in [0.05, 0.1) is 10.2 Å². The third-order valence-electron chi connectivity index (χ3n) is 2.42. The van der Waals surface area contributed by atoms with Crippen LogP contribution in [0.1, 0.15) is 5.56 Å². The predicted molar refractivity (Wildman–Crippen MR) is 74.8 cm³/mol.